The zero-order valence-corrected chi connectivity index (χ0v) is 20.5. The van der Waals surface area contributed by atoms with Gasteiger partial charge in [0.05, 0.1) is 7.11 Å². The molecule has 1 aliphatic rings. The topological polar surface area (TPSA) is 33.3 Å². The Bertz CT molecular complexity index is 971. The van der Waals surface area contributed by atoms with Gasteiger partial charge in [0.1, 0.15) is 5.75 Å². The molecule has 33 heavy (non-hydrogen) atoms. The van der Waals surface area contributed by atoms with E-state index in [4.69, 9.17) is 4.74 Å². The summed E-state index contributed by atoms with van der Waals surface area (Å²) >= 11 is 0. The molecule has 0 amide bonds. The highest BCUT2D eigenvalue weighted by Gasteiger charge is 2.33. The molecule has 0 saturated carbocycles. The van der Waals surface area contributed by atoms with Crippen LogP contribution in [0.1, 0.15) is 61.8 Å². The molecule has 1 aliphatic heterocycles. The van der Waals surface area contributed by atoms with E-state index >= 15 is 0 Å². The van der Waals surface area contributed by atoms with E-state index < -0.39 is 0 Å². The van der Waals surface area contributed by atoms with Gasteiger partial charge in [0.25, 0.3) is 0 Å². The van der Waals surface area contributed by atoms with E-state index in [2.05, 4.69) is 110 Å². The van der Waals surface area contributed by atoms with Crippen LogP contribution in [0.15, 0.2) is 78.9 Å². The summed E-state index contributed by atoms with van der Waals surface area (Å²) in [6, 6.07) is 29.2. The molecule has 3 aromatic carbocycles. The Balaban J connectivity index is 1.61. The van der Waals surface area contributed by atoms with Crippen LogP contribution in [0.25, 0.3) is 0 Å². The minimum Gasteiger partial charge on any atom is -0.496 e. The Morgan fingerprint density at radius 3 is 2.15 bits per heavy atom. The molecule has 174 valence electrons. The number of hydrogen-bond donors (Lipinski definition) is 2. The summed E-state index contributed by atoms with van der Waals surface area (Å²) in [6.07, 6.45) is 2.35. The second-order valence-electron chi connectivity index (χ2n) is 10.2. The molecule has 2 atom stereocenters. The Hall–Kier alpha value is -2.62. The van der Waals surface area contributed by atoms with Gasteiger partial charge in [0.15, 0.2) is 0 Å². The van der Waals surface area contributed by atoms with Crippen molar-refractivity contribution in [2.75, 3.05) is 13.7 Å². The molecule has 0 aromatic heterocycles. The van der Waals surface area contributed by atoms with Gasteiger partial charge < -0.3 is 15.4 Å². The molecule has 3 heteroatoms. The first-order valence-electron chi connectivity index (χ1n) is 12.2. The number of piperidine rings is 1. The van der Waals surface area contributed by atoms with Crippen LogP contribution >= 0.6 is 0 Å². The number of benzene rings is 3. The standard InChI is InChI=1S/C30H38N2O/c1-30(2,3)25-17-18-27(33-4)24(20-25)21-32-26-16-11-19-31-29(26)28(22-12-7-5-8-13-22)23-14-9-6-10-15-23/h5-10,12-15,17-18,20,26,28-29,31-32H,11,16,19,21H2,1-4H3/t26-,29+/m0/s1. The van der Waals surface area contributed by atoms with E-state index in [-0.39, 0.29) is 5.41 Å². The molecule has 4 rings (SSSR count). The molecule has 0 aliphatic carbocycles. The summed E-state index contributed by atoms with van der Waals surface area (Å²) in [4.78, 5) is 0. The van der Waals surface area contributed by atoms with Crippen molar-refractivity contribution < 1.29 is 4.74 Å². The van der Waals surface area contributed by atoms with Crippen molar-refractivity contribution >= 4 is 0 Å². The Morgan fingerprint density at radius 2 is 1.58 bits per heavy atom. The third kappa shape index (κ3) is 5.66. The van der Waals surface area contributed by atoms with Crippen molar-refractivity contribution in [2.24, 2.45) is 0 Å². The van der Waals surface area contributed by atoms with Crippen molar-refractivity contribution in [3.8, 4) is 5.75 Å². The fourth-order valence-electron chi connectivity index (χ4n) is 5.04. The molecule has 0 spiro atoms. The second kappa shape index (κ2) is 10.5. The summed E-state index contributed by atoms with van der Waals surface area (Å²) in [6.45, 7) is 8.64. The predicted molar refractivity (Wildman–Crippen MR) is 138 cm³/mol. The van der Waals surface area contributed by atoms with Gasteiger partial charge >= 0.3 is 0 Å². The van der Waals surface area contributed by atoms with Gasteiger partial charge in [-0.25, -0.2) is 0 Å². The minimum absolute atomic E-state index is 0.113. The van der Waals surface area contributed by atoms with Crippen LogP contribution in [0.4, 0.5) is 0 Å². The van der Waals surface area contributed by atoms with E-state index in [1.807, 2.05) is 0 Å². The first-order chi connectivity index (χ1) is 16.0. The van der Waals surface area contributed by atoms with Crippen molar-refractivity contribution in [3.05, 3.63) is 101 Å². The van der Waals surface area contributed by atoms with Crippen molar-refractivity contribution in [1.29, 1.82) is 0 Å². The lowest BCUT2D eigenvalue weighted by Gasteiger charge is -2.39. The molecule has 2 N–H and O–H groups in total. The number of nitrogens with one attached hydrogen (secondary N) is 2. The Morgan fingerprint density at radius 1 is 0.939 bits per heavy atom. The third-order valence-corrected chi connectivity index (χ3v) is 6.88. The lowest BCUT2D eigenvalue weighted by molar-refractivity contribution is 0.278. The molecule has 0 unspecified atom stereocenters. The lowest BCUT2D eigenvalue weighted by atomic mass is 9.79. The van der Waals surface area contributed by atoms with Crippen molar-refractivity contribution in [2.45, 2.75) is 63.6 Å². The van der Waals surface area contributed by atoms with Crippen LogP contribution in [0, 0.1) is 0 Å². The number of ether oxygens (including phenoxy) is 1. The molecule has 1 fully saturated rings. The van der Waals surface area contributed by atoms with Crippen LogP contribution in [0.2, 0.25) is 0 Å². The number of rotatable bonds is 7. The Labute approximate surface area is 199 Å². The van der Waals surface area contributed by atoms with Gasteiger partial charge in [-0.05, 0) is 47.6 Å². The van der Waals surface area contributed by atoms with Gasteiger partial charge in [0, 0.05) is 30.1 Å². The van der Waals surface area contributed by atoms with Gasteiger partial charge in [0.2, 0.25) is 0 Å². The van der Waals surface area contributed by atoms with Gasteiger partial charge in [-0.2, -0.15) is 0 Å². The average Bonchev–Trinajstić information content (AvgIpc) is 2.84. The van der Waals surface area contributed by atoms with E-state index in [0.29, 0.717) is 18.0 Å². The molecule has 0 bridgehead atoms. The minimum atomic E-state index is 0.113. The van der Waals surface area contributed by atoms with Crippen LogP contribution in [-0.2, 0) is 12.0 Å². The van der Waals surface area contributed by atoms with Crippen molar-refractivity contribution in [3.63, 3.8) is 0 Å². The normalized spacial score (nSPS) is 18.9. The van der Waals surface area contributed by atoms with Crippen LogP contribution in [-0.4, -0.2) is 25.7 Å². The molecular formula is C30H38N2O. The van der Waals surface area contributed by atoms with Crippen LogP contribution in [0.5, 0.6) is 5.75 Å². The maximum atomic E-state index is 5.71. The third-order valence-electron chi connectivity index (χ3n) is 6.88. The first kappa shape index (κ1) is 23.5. The molecule has 1 saturated heterocycles. The quantitative estimate of drug-likeness (QED) is 0.468. The summed E-state index contributed by atoms with van der Waals surface area (Å²) in [5, 5.41) is 7.79. The largest absolute Gasteiger partial charge is 0.496 e. The summed E-state index contributed by atoms with van der Waals surface area (Å²) in [5.41, 5.74) is 5.40. The average molecular weight is 443 g/mol. The molecule has 0 radical (unpaired) electrons. The fourth-order valence-corrected chi connectivity index (χ4v) is 5.04. The zero-order chi connectivity index (χ0) is 23.3. The predicted octanol–water partition coefficient (Wildman–Crippen LogP) is 6.04. The summed E-state index contributed by atoms with van der Waals surface area (Å²) < 4.78 is 5.71. The SMILES string of the molecule is COc1ccc(C(C)(C)C)cc1CN[C@H]1CCCN[C@H]1C(c1ccccc1)c1ccccc1. The number of methoxy groups -OCH3 is 1. The highest BCUT2D eigenvalue weighted by molar-refractivity contribution is 5.40. The highest BCUT2D eigenvalue weighted by Crippen LogP contribution is 2.33. The van der Waals surface area contributed by atoms with Crippen LogP contribution in [0.3, 0.4) is 0 Å². The molecule has 3 aromatic rings. The van der Waals surface area contributed by atoms with Gasteiger partial charge in [-0.15, -0.1) is 0 Å². The maximum absolute atomic E-state index is 5.71. The molecular weight excluding hydrogens is 404 g/mol. The van der Waals surface area contributed by atoms with Gasteiger partial charge in [-0.1, -0.05) is 93.6 Å². The fraction of sp³-hybridized carbons (Fsp3) is 0.400. The van der Waals surface area contributed by atoms with Gasteiger partial charge in [-0.3, -0.25) is 0 Å². The smallest absolute Gasteiger partial charge is 0.123 e. The maximum Gasteiger partial charge on any atom is 0.123 e. The van der Waals surface area contributed by atoms with E-state index in [0.717, 1.165) is 25.3 Å². The lowest BCUT2D eigenvalue weighted by Crippen LogP contribution is -2.54. The molecule has 1 heterocycles. The van der Waals surface area contributed by atoms with Crippen LogP contribution < -0.4 is 15.4 Å². The molecule has 3 nitrogen and oxygen atoms in total. The summed E-state index contributed by atoms with van der Waals surface area (Å²) in [7, 11) is 1.77. The van der Waals surface area contributed by atoms with Crippen molar-refractivity contribution in [1.82, 2.24) is 10.6 Å². The first-order valence-corrected chi connectivity index (χ1v) is 12.2. The number of hydrogen-bond acceptors (Lipinski definition) is 3. The van der Waals surface area contributed by atoms with E-state index in [1.54, 1.807) is 7.11 Å². The van der Waals surface area contributed by atoms with E-state index in [9.17, 15) is 0 Å². The highest BCUT2D eigenvalue weighted by atomic mass is 16.5. The zero-order valence-electron chi connectivity index (χ0n) is 20.5. The Kier molecular flexibility index (Phi) is 7.52. The summed E-state index contributed by atoms with van der Waals surface area (Å²) in [5.74, 6) is 1.26. The monoisotopic (exact) mass is 442 g/mol. The second-order valence-corrected chi connectivity index (χ2v) is 10.2. The van der Waals surface area contributed by atoms with E-state index in [1.165, 1.54) is 28.7 Å².